The highest BCUT2D eigenvalue weighted by Gasteiger charge is 2.22. The molecule has 1 unspecified atom stereocenters. The first-order chi connectivity index (χ1) is 11.0. The molecule has 4 nitrogen and oxygen atoms in total. The number of rotatable bonds is 7. The van der Waals surface area contributed by atoms with Gasteiger partial charge in [-0.15, -0.1) is 11.3 Å². The van der Waals surface area contributed by atoms with Gasteiger partial charge in [0.1, 0.15) is 12.3 Å². The zero-order valence-electron chi connectivity index (χ0n) is 13.6. The number of carbonyl (C=O) groups is 1. The molecule has 0 saturated carbocycles. The van der Waals surface area contributed by atoms with Crippen molar-refractivity contribution in [1.29, 1.82) is 0 Å². The number of ether oxygens (including phenoxy) is 1. The minimum atomic E-state index is -0.130. The van der Waals surface area contributed by atoms with Crippen LogP contribution in [0.15, 0.2) is 36.4 Å². The Bertz CT molecular complexity index is 642. The first-order valence-electron chi connectivity index (χ1n) is 7.46. The van der Waals surface area contributed by atoms with E-state index in [0.29, 0.717) is 6.54 Å². The molecule has 23 heavy (non-hydrogen) atoms. The van der Waals surface area contributed by atoms with E-state index in [1.807, 2.05) is 50.4 Å². The Morgan fingerprint density at radius 3 is 2.57 bits per heavy atom. The number of quaternary nitrogens is 1. The van der Waals surface area contributed by atoms with E-state index in [4.69, 9.17) is 16.3 Å². The molecule has 0 aliphatic heterocycles. The van der Waals surface area contributed by atoms with Crippen molar-refractivity contribution < 1.29 is 14.4 Å². The van der Waals surface area contributed by atoms with Gasteiger partial charge in [0.25, 0.3) is 5.91 Å². The molecule has 0 aliphatic rings. The Hall–Kier alpha value is -1.56. The van der Waals surface area contributed by atoms with Crippen LogP contribution >= 0.6 is 22.9 Å². The van der Waals surface area contributed by atoms with Crippen LogP contribution in [0, 0.1) is 0 Å². The third-order valence-corrected chi connectivity index (χ3v) is 5.07. The minimum Gasteiger partial charge on any atom is -0.497 e. The van der Waals surface area contributed by atoms with Crippen molar-refractivity contribution in [3.63, 3.8) is 0 Å². The smallest absolute Gasteiger partial charge is 0.278 e. The molecule has 2 atom stereocenters. The fourth-order valence-corrected chi connectivity index (χ4v) is 3.37. The fraction of sp³-hybridized carbons (Fsp3) is 0.353. The van der Waals surface area contributed by atoms with E-state index >= 15 is 0 Å². The molecule has 0 fully saturated rings. The quantitative estimate of drug-likeness (QED) is 0.800. The second-order valence-corrected chi connectivity index (χ2v) is 7.32. The first-order valence-corrected chi connectivity index (χ1v) is 8.66. The van der Waals surface area contributed by atoms with E-state index < -0.39 is 0 Å². The number of hydrogen-bond donors (Lipinski definition) is 2. The number of benzene rings is 1. The lowest BCUT2D eigenvalue weighted by molar-refractivity contribution is -0.907. The van der Waals surface area contributed by atoms with Gasteiger partial charge in [0.15, 0.2) is 6.04 Å². The highest BCUT2D eigenvalue weighted by Crippen LogP contribution is 2.20. The summed E-state index contributed by atoms with van der Waals surface area (Å²) < 4.78 is 5.91. The number of methoxy groups -OCH3 is 1. The molecule has 0 bridgehead atoms. The second-order valence-electron chi connectivity index (χ2n) is 5.52. The number of amides is 1. The van der Waals surface area contributed by atoms with Gasteiger partial charge in [-0.25, -0.2) is 0 Å². The van der Waals surface area contributed by atoms with Crippen LogP contribution in [0.2, 0.25) is 4.34 Å². The maximum Gasteiger partial charge on any atom is 0.278 e. The molecule has 1 amide bonds. The molecule has 0 radical (unpaired) electrons. The molecule has 0 spiro atoms. The van der Waals surface area contributed by atoms with Crippen molar-refractivity contribution in [2.45, 2.75) is 26.1 Å². The second kappa shape index (κ2) is 8.34. The third kappa shape index (κ3) is 5.23. The fourth-order valence-electron chi connectivity index (χ4n) is 2.18. The highest BCUT2D eigenvalue weighted by atomic mass is 35.5. The SMILES string of the molecule is COc1ccc(CNC(=O)[C@@H](C)[NH+](C)Cc2ccc(Cl)s2)cc1. The average molecular weight is 354 g/mol. The predicted molar refractivity (Wildman–Crippen MR) is 94.2 cm³/mol. The summed E-state index contributed by atoms with van der Waals surface area (Å²) in [7, 11) is 3.66. The summed E-state index contributed by atoms with van der Waals surface area (Å²) in [6, 6.07) is 11.5. The van der Waals surface area contributed by atoms with Gasteiger partial charge < -0.3 is 15.0 Å². The average Bonchev–Trinajstić information content (AvgIpc) is 2.97. The lowest BCUT2D eigenvalue weighted by atomic mass is 10.2. The van der Waals surface area contributed by atoms with E-state index in [1.165, 1.54) is 4.88 Å². The molecule has 2 aromatic rings. The number of hydrogen-bond acceptors (Lipinski definition) is 3. The number of carbonyl (C=O) groups excluding carboxylic acids is 1. The monoisotopic (exact) mass is 353 g/mol. The summed E-state index contributed by atoms with van der Waals surface area (Å²) >= 11 is 7.51. The minimum absolute atomic E-state index is 0.0426. The lowest BCUT2D eigenvalue weighted by Crippen LogP contribution is -3.12. The number of halogens is 1. The standard InChI is InChI=1S/C17H21ClN2O2S/c1-12(20(2)11-15-8-9-16(18)23-15)17(21)19-10-13-4-6-14(22-3)7-5-13/h4-9,12H,10-11H2,1-3H3,(H,19,21)/p+1/t12-/m1/s1. The molecule has 2 N–H and O–H groups in total. The third-order valence-electron chi connectivity index (χ3n) is 3.84. The Morgan fingerprint density at radius 2 is 2.00 bits per heavy atom. The number of likely N-dealkylation sites (N-methyl/N-ethyl adjacent to an activating group) is 1. The maximum absolute atomic E-state index is 12.3. The van der Waals surface area contributed by atoms with Crippen LogP contribution in [0.3, 0.4) is 0 Å². The maximum atomic E-state index is 12.3. The summed E-state index contributed by atoms with van der Waals surface area (Å²) in [5.74, 6) is 0.855. The summed E-state index contributed by atoms with van der Waals surface area (Å²) in [6.45, 7) is 3.24. The number of nitrogens with one attached hydrogen (secondary N) is 2. The van der Waals surface area contributed by atoms with Gasteiger partial charge in [-0.2, -0.15) is 0 Å². The zero-order valence-corrected chi connectivity index (χ0v) is 15.1. The molecule has 124 valence electrons. The Balaban J connectivity index is 1.83. The van der Waals surface area contributed by atoms with E-state index in [9.17, 15) is 4.79 Å². The van der Waals surface area contributed by atoms with Crippen molar-refractivity contribution in [2.75, 3.05) is 14.2 Å². The van der Waals surface area contributed by atoms with Crippen LogP contribution in [0.1, 0.15) is 17.4 Å². The van der Waals surface area contributed by atoms with Crippen LogP contribution in [0.4, 0.5) is 0 Å². The van der Waals surface area contributed by atoms with Crippen LogP contribution < -0.4 is 15.0 Å². The van der Waals surface area contributed by atoms with Crippen molar-refractivity contribution >= 4 is 28.8 Å². The summed E-state index contributed by atoms with van der Waals surface area (Å²) in [4.78, 5) is 14.6. The highest BCUT2D eigenvalue weighted by molar-refractivity contribution is 7.16. The first kappa shape index (κ1) is 17.8. The molecule has 0 aliphatic carbocycles. The summed E-state index contributed by atoms with van der Waals surface area (Å²) in [5, 5.41) is 2.98. The van der Waals surface area contributed by atoms with Gasteiger partial charge in [-0.3, -0.25) is 4.79 Å². The van der Waals surface area contributed by atoms with Crippen LogP contribution in [-0.4, -0.2) is 26.1 Å². The summed E-state index contributed by atoms with van der Waals surface area (Å²) in [6.07, 6.45) is 0. The molecule has 1 aromatic carbocycles. The van der Waals surface area contributed by atoms with Gasteiger partial charge in [0.05, 0.1) is 23.4 Å². The van der Waals surface area contributed by atoms with Crippen molar-refractivity contribution in [3.8, 4) is 5.75 Å². The van der Waals surface area contributed by atoms with Crippen molar-refractivity contribution in [2.24, 2.45) is 0 Å². The normalized spacial score (nSPS) is 13.4. The van der Waals surface area contributed by atoms with Crippen LogP contribution in [-0.2, 0) is 17.9 Å². The van der Waals surface area contributed by atoms with Crippen molar-refractivity contribution in [1.82, 2.24) is 5.32 Å². The Morgan fingerprint density at radius 1 is 1.30 bits per heavy atom. The van der Waals surface area contributed by atoms with Crippen LogP contribution in [0.25, 0.3) is 0 Å². The van der Waals surface area contributed by atoms with Crippen LogP contribution in [0.5, 0.6) is 5.75 Å². The number of thiophene rings is 1. The Kier molecular flexibility index (Phi) is 6.45. The molecule has 2 rings (SSSR count). The molecular formula is C17H22ClN2O2S+. The molecule has 0 saturated heterocycles. The van der Waals surface area contributed by atoms with E-state index in [1.54, 1.807) is 18.4 Å². The van der Waals surface area contributed by atoms with E-state index in [0.717, 1.165) is 27.1 Å². The van der Waals surface area contributed by atoms with Gasteiger partial charge in [-0.05, 0) is 36.8 Å². The molecular weight excluding hydrogens is 332 g/mol. The zero-order chi connectivity index (χ0) is 16.8. The summed E-state index contributed by atoms with van der Waals surface area (Å²) in [5.41, 5.74) is 1.05. The molecule has 1 aromatic heterocycles. The van der Waals surface area contributed by atoms with E-state index in [2.05, 4.69) is 5.32 Å². The Labute approximate surface area is 146 Å². The molecule has 1 heterocycles. The topological polar surface area (TPSA) is 42.8 Å². The largest absolute Gasteiger partial charge is 0.497 e. The predicted octanol–water partition coefficient (Wildman–Crippen LogP) is 2.13. The lowest BCUT2D eigenvalue weighted by Gasteiger charge is -2.20. The van der Waals surface area contributed by atoms with Gasteiger partial charge in [0, 0.05) is 6.54 Å². The molecule has 6 heteroatoms. The van der Waals surface area contributed by atoms with E-state index in [-0.39, 0.29) is 11.9 Å². The van der Waals surface area contributed by atoms with Gasteiger partial charge >= 0.3 is 0 Å². The van der Waals surface area contributed by atoms with Gasteiger partial charge in [0.2, 0.25) is 0 Å². The van der Waals surface area contributed by atoms with Crippen molar-refractivity contribution in [3.05, 3.63) is 51.2 Å². The van der Waals surface area contributed by atoms with Gasteiger partial charge in [-0.1, -0.05) is 23.7 Å².